The lowest BCUT2D eigenvalue weighted by Gasteiger charge is -2.60. The first-order valence-corrected chi connectivity index (χ1v) is 33.5. The summed E-state index contributed by atoms with van der Waals surface area (Å²) in [5, 5.41) is 0. The van der Waals surface area contributed by atoms with Gasteiger partial charge in [-0.1, -0.05) is 0 Å². The zero-order valence-electron chi connectivity index (χ0n) is 35.9. The van der Waals surface area contributed by atoms with Gasteiger partial charge < -0.3 is 109 Å². The molecule has 1 fully saturated rings. The largest absolute Gasteiger partial charge is 0.671 e. The summed E-state index contributed by atoms with van der Waals surface area (Å²) in [6.07, 6.45) is 0. The molecule has 1 heterocycles. The Morgan fingerprint density at radius 2 is 0.518 bits per heavy atom. The third-order valence-corrected chi connectivity index (χ3v) is 53.9. The number of hydrogen-bond acceptors (Lipinski definition) is 25. The van der Waals surface area contributed by atoms with Gasteiger partial charge in [0, 0.05) is 134 Å². The van der Waals surface area contributed by atoms with Gasteiger partial charge in [0.2, 0.25) is 0 Å². The number of rotatable bonds is 30. The van der Waals surface area contributed by atoms with Crippen molar-refractivity contribution in [2.75, 3.05) is 128 Å². The molecule has 25 nitrogen and oxygen atoms in total. The molecule has 0 unspecified atom stereocenters. The predicted octanol–water partition coefficient (Wildman–Crippen LogP) is -0.876. The van der Waals surface area contributed by atoms with Crippen molar-refractivity contribution >= 4 is 78.3 Å². The SMILES string of the molecule is CO[Si](OC)(OC)O[Si]1(O[Si](OC)(OC)OC)CC(C)(C)O[Si](O[Si](OC)(OC)OC)(O[Si](OC)(OC)OC)[Si]1(O[Si](OC)(OC)OC)O[Si](OC)(OC)OC. The van der Waals surface area contributed by atoms with E-state index in [1.165, 1.54) is 128 Å². The smallest absolute Gasteiger partial charge is 0.369 e. The van der Waals surface area contributed by atoms with E-state index in [2.05, 4.69) is 0 Å². The highest BCUT2D eigenvalue weighted by Crippen LogP contribution is 2.53. The van der Waals surface area contributed by atoms with E-state index in [-0.39, 0.29) is 6.04 Å². The first kappa shape index (κ1) is 55.0. The quantitative estimate of drug-likeness (QED) is 0.0796. The lowest BCUT2D eigenvalue weighted by molar-refractivity contribution is -0.0513. The molecule has 0 amide bonds. The van der Waals surface area contributed by atoms with Crippen LogP contribution < -0.4 is 0 Å². The molecule has 1 aliphatic rings. The Bertz CT molecular complexity index is 964. The van der Waals surface area contributed by atoms with Crippen molar-refractivity contribution in [3.8, 4) is 0 Å². The highest BCUT2D eigenvalue weighted by atomic mass is 29.7. The molecule has 0 bridgehead atoms. The van der Waals surface area contributed by atoms with Gasteiger partial charge in [0.25, 0.3) is 0 Å². The molecule has 34 heteroatoms. The Hall–Kier alpha value is 0.952. The fourth-order valence-electron chi connectivity index (χ4n) is 5.44. The lowest BCUT2D eigenvalue weighted by atomic mass is 10.2. The summed E-state index contributed by atoms with van der Waals surface area (Å²) in [5.41, 5.74) is -1.49. The van der Waals surface area contributed by atoms with Gasteiger partial charge in [-0.2, -0.15) is 0 Å². The van der Waals surface area contributed by atoms with E-state index in [4.69, 9.17) is 109 Å². The third kappa shape index (κ3) is 10.9. The van der Waals surface area contributed by atoms with Crippen LogP contribution in [0.2, 0.25) is 6.04 Å². The highest BCUT2D eigenvalue weighted by Gasteiger charge is 2.95. The predicted molar refractivity (Wildman–Crippen MR) is 204 cm³/mol. The third-order valence-electron chi connectivity index (χ3n) is 8.11. The maximum absolute atomic E-state index is 7.22. The summed E-state index contributed by atoms with van der Waals surface area (Å²) >= 11 is 0. The van der Waals surface area contributed by atoms with Crippen molar-refractivity contribution in [2.24, 2.45) is 0 Å². The summed E-state index contributed by atoms with van der Waals surface area (Å²) < 4.78 is 156. The fourth-order valence-corrected chi connectivity index (χ4v) is 67.5. The van der Waals surface area contributed by atoms with E-state index in [0.717, 1.165) is 0 Å². The summed E-state index contributed by atoms with van der Waals surface area (Å²) in [6.45, 7) is 3.32. The lowest BCUT2D eigenvalue weighted by Crippen LogP contribution is -2.97. The molecule has 0 aromatic rings. The molecular formula is C22H62O25Si9. The molecule has 56 heavy (non-hydrogen) atoms. The van der Waals surface area contributed by atoms with Gasteiger partial charge in [0.1, 0.15) is 0 Å². The fraction of sp³-hybridized carbons (Fsp3) is 1.00. The first-order valence-electron chi connectivity index (χ1n) is 16.1. The Labute approximate surface area is 339 Å². The van der Waals surface area contributed by atoms with E-state index < -0.39 is 83.9 Å². The van der Waals surface area contributed by atoms with Gasteiger partial charge in [0.05, 0.1) is 5.60 Å². The van der Waals surface area contributed by atoms with Gasteiger partial charge in [-0.25, -0.2) is 0 Å². The van der Waals surface area contributed by atoms with Crippen molar-refractivity contribution in [3.05, 3.63) is 0 Å². The topological polar surface area (TPSA) is 231 Å². The molecule has 1 saturated heterocycles. The monoisotopic (exact) mass is 978 g/mol. The molecule has 0 N–H and O–H groups in total. The van der Waals surface area contributed by atoms with Crippen LogP contribution in [0.25, 0.3) is 0 Å². The van der Waals surface area contributed by atoms with E-state index in [1.807, 2.05) is 0 Å². The summed E-state index contributed by atoms with van der Waals surface area (Å²) in [4.78, 5) is 0. The van der Waals surface area contributed by atoms with Crippen LogP contribution in [-0.4, -0.2) is 212 Å². The van der Waals surface area contributed by atoms with Crippen molar-refractivity contribution in [3.63, 3.8) is 0 Å². The minimum atomic E-state index is -5.64. The van der Waals surface area contributed by atoms with Gasteiger partial charge in [-0.3, -0.25) is 0 Å². The second kappa shape index (κ2) is 22.3. The van der Waals surface area contributed by atoms with E-state index in [1.54, 1.807) is 13.8 Å². The highest BCUT2D eigenvalue weighted by molar-refractivity contribution is 7.62. The molecule has 0 aromatic heterocycles. The van der Waals surface area contributed by atoms with Crippen LogP contribution in [0.5, 0.6) is 0 Å². The van der Waals surface area contributed by atoms with Gasteiger partial charge in [-0.05, 0) is 13.8 Å². The van der Waals surface area contributed by atoms with Crippen LogP contribution in [0.15, 0.2) is 0 Å². The molecule has 0 aliphatic carbocycles. The van der Waals surface area contributed by atoms with Crippen molar-refractivity contribution in [2.45, 2.75) is 25.5 Å². The van der Waals surface area contributed by atoms with Gasteiger partial charge in [0.15, 0.2) is 0 Å². The molecular weight excluding hydrogens is 917 g/mol. The molecule has 0 aromatic carbocycles. The maximum Gasteiger partial charge on any atom is 0.671 e. The van der Waals surface area contributed by atoms with Crippen molar-refractivity contribution in [1.29, 1.82) is 0 Å². The van der Waals surface area contributed by atoms with E-state index in [9.17, 15) is 0 Å². The first-order chi connectivity index (χ1) is 26.2. The Morgan fingerprint density at radius 1 is 0.321 bits per heavy atom. The maximum atomic E-state index is 7.22. The summed E-state index contributed by atoms with van der Waals surface area (Å²) in [7, 11) is -20.8. The normalized spacial score (nSPS) is 19.1. The standard InChI is InChI=1S/C22H62O25Si9/c1-22(2)21-48(42-49(23-3,24-4)25-5,43-50(26-6,27-7)28-8)56(46-53(35-15,36-16)37-17,47-54(38-18,39-19)40-20)55(41-22,44-51(29-9,30-10)31-11)45-52(32-12,33-13)34-14/h21H2,1-20H3. The summed E-state index contributed by atoms with van der Waals surface area (Å²) in [5.74, 6) is 0. The Kier molecular flexibility index (Phi) is 21.9. The van der Waals surface area contributed by atoms with Crippen LogP contribution >= 0.6 is 0 Å². The van der Waals surface area contributed by atoms with Crippen LogP contribution in [0.4, 0.5) is 0 Å². The number of hydrogen-bond donors (Lipinski definition) is 0. The average Bonchev–Trinajstić information content (AvgIpc) is 3.23. The second-order valence-electron chi connectivity index (χ2n) is 11.3. The second-order valence-corrected chi connectivity index (χ2v) is 43.5. The van der Waals surface area contributed by atoms with E-state index in [0.29, 0.717) is 0 Å². The van der Waals surface area contributed by atoms with Crippen molar-refractivity contribution < 1.29 is 109 Å². The van der Waals surface area contributed by atoms with Crippen LogP contribution in [0, 0.1) is 0 Å². The van der Waals surface area contributed by atoms with Gasteiger partial charge >= 0.3 is 78.3 Å². The molecule has 0 saturated carbocycles. The van der Waals surface area contributed by atoms with Gasteiger partial charge in [-0.15, -0.1) is 0 Å². The average molecular weight is 979 g/mol. The van der Waals surface area contributed by atoms with Crippen LogP contribution in [0.3, 0.4) is 0 Å². The van der Waals surface area contributed by atoms with Crippen molar-refractivity contribution in [1.82, 2.24) is 0 Å². The molecule has 1 rings (SSSR count). The summed E-state index contributed by atoms with van der Waals surface area (Å²) in [6, 6.07) is -0.324. The van der Waals surface area contributed by atoms with Crippen LogP contribution in [-0.2, 0) is 109 Å². The Balaban J connectivity index is 5.35. The van der Waals surface area contributed by atoms with E-state index >= 15 is 0 Å². The minimum absolute atomic E-state index is 0.324. The molecule has 0 atom stereocenters. The molecule has 1 aliphatic heterocycles. The molecule has 0 radical (unpaired) electrons. The zero-order valence-corrected chi connectivity index (χ0v) is 44.9. The Morgan fingerprint density at radius 3 is 0.732 bits per heavy atom. The molecule has 0 spiro atoms. The minimum Gasteiger partial charge on any atom is -0.369 e. The van der Waals surface area contributed by atoms with Crippen LogP contribution in [0.1, 0.15) is 13.8 Å². The molecule has 336 valence electrons. The zero-order chi connectivity index (χ0) is 43.4.